The molecule has 23 heavy (non-hydrogen) atoms. The molecule has 0 bridgehead atoms. The molecule has 0 saturated carbocycles. The zero-order chi connectivity index (χ0) is 16.4. The van der Waals surface area contributed by atoms with Crippen LogP contribution in [0.15, 0.2) is 53.3 Å². The monoisotopic (exact) mass is 309 g/mol. The number of aromatic nitrogens is 3. The van der Waals surface area contributed by atoms with E-state index in [-0.39, 0.29) is 5.69 Å². The van der Waals surface area contributed by atoms with Gasteiger partial charge in [0.15, 0.2) is 0 Å². The number of benzene rings is 2. The maximum absolute atomic E-state index is 12.2. The summed E-state index contributed by atoms with van der Waals surface area (Å²) in [5, 5.41) is 4.08. The molecule has 0 amide bonds. The first-order chi connectivity index (χ1) is 11.1. The van der Waals surface area contributed by atoms with E-state index in [1.807, 2.05) is 25.1 Å². The molecule has 0 aliphatic carbocycles. The Balaban J connectivity index is 2.03. The van der Waals surface area contributed by atoms with E-state index in [0.29, 0.717) is 12.6 Å². The molecule has 1 heterocycles. The molecule has 0 saturated heterocycles. The van der Waals surface area contributed by atoms with Crippen LogP contribution in [0.3, 0.4) is 0 Å². The summed E-state index contributed by atoms with van der Waals surface area (Å²) in [7, 11) is 3.14. The number of ether oxygens (including phenoxy) is 1. The van der Waals surface area contributed by atoms with Gasteiger partial charge in [0, 0.05) is 7.05 Å². The first-order valence-electron chi connectivity index (χ1n) is 7.43. The number of methoxy groups -OCH3 is 1. The summed E-state index contributed by atoms with van der Waals surface area (Å²) in [4.78, 5) is 12.2. The Morgan fingerprint density at radius 1 is 1.09 bits per heavy atom. The third-order valence-electron chi connectivity index (χ3n) is 3.94. The maximum Gasteiger partial charge on any atom is 0.348 e. The molecule has 0 radical (unpaired) electrons. The quantitative estimate of drug-likeness (QED) is 0.744. The molecule has 5 heteroatoms. The van der Waals surface area contributed by atoms with Crippen molar-refractivity contribution in [2.45, 2.75) is 13.5 Å². The van der Waals surface area contributed by atoms with Crippen LogP contribution < -0.4 is 10.4 Å². The van der Waals surface area contributed by atoms with Crippen molar-refractivity contribution in [1.82, 2.24) is 14.3 Å². The standard InChI is InChI=1S/C18H19N3O2/c1-13-9-10-15(14-7-5-4-6-8-14)11-16(13)12-21-17(23-3)19-20(2)18(21)22/h4-11H,12H2,1-3H3. The lowest BCUT2D eigenvalue weighted by atomic mass is 10.00. The third-order valence-corrected chi connectivity index (χ3v) is 3.94. The van der Waals surface area contributed by atoms with Gasteiger partial charge in [-0.3, -0.25) is 0 Å². The fraction of sp³-hybridized carbons (Fsp3) is 0.222. The smallest absolute Gasteiger partial charge is 0.348 e. The molecule has 0 unspecified atom stereocenters. The van der Waals surface area contributed by atoms with Gasteiger partial charge in [-0.05, 0) is 35.2 Å². The van der Waals surface area contributed by atoms with Crippen LogP contribution in [0.5, 0.6) is 6.01 Å². The minimum atomic E-state index is -0.189. The van der Waals surface area contributed by atoms with Crippen LogP contribution in [0.4, 0.5) is 0 Å². The highest BCUT2D eigenvalue weighted by Crippen LogP contribution is 2.23. The summed E-state index contributed by atoms with van der Waals surface area (Å²) >= 11 is 0. The number of nitrogens with zero attached hydrogens (tertiary/aromatic N) is 3. The van der Waals surface area contributed by atoms with Gasteiger partial charge in [0.1, 0.15) is 0 Å². The van der Waals surface area contributed by atoms with Gasteiger partial charge in [0.05, 0.1) is 13.7 Å². The van der Waals surface area contributed by atoms with Crippen LogP contribution >= 0.6 is 0 Å². The van der Waals surface area contributed by atoms with Crippen LogP contribution in [-0.4, -0.2) is 21.5 Å². The van der Waals surface area contributed by atoms with Gasteiger partial charge >= 0.3 is 11.7 Å². The van der Waals surface area contributed by atoms with Crippen LogP contribution in [-0.2, 0) is 13.6 Å². The molecule has 0 aliphatic heterocycles. The van der Waals surface area contributed by atoms with Gasteiger partial charge < -0.3 is 4.74 Å². The predicted octanol–water partition coefficient (Wildman–Crippen LogP) is 2.61. The van der Waals surface area contributed by atoms with Crippen molar-refractivity contribution in [3.05, 3.63) is 70.1 Å². The molecule has 3 aromatic rings. The lowest BCUT2D eigenvalue weighted by molar-refractivity contribution is 0.357. The second kappa shape index (κ2) is 6.12. The zero-order valence-corrected chi connectivity index (χ0v) is 13.5. The van der Waals surface area contributed by atoms with Gasteiger partial charge in [-0.25, -0.2) is 14.0 Å². The van der Waals surface area contributed by atoms with Crippen LogP contribution in [0.25, 0.3) is 11.1 Å². The maximum atomic E-state index is 12.2. The minimum absolute atomic E-state index is 0.189. The first kappa shape index (κ1) is 15.1. The molecule has 1 aromatic heterocycles. The van der Waals surface area contributed by atoms with Crippen molar-refractivity contribution in [3.63, 3.8) is 0 Å². The van der Waals surface area contributed by atoms with Gasteiger partial charge in [-0.2, -0.15) is 0 Å². The number of hydrogen-bond acceptors (Lipinski definition) is 3. The van der Waals surface area contributed by atoms with Gasteiger partial charge in [0.25, 0.3) is 0 Å². The van der Waals surface area contributed by atoms with Gasteiger partial charge in [0.2, 0.25) is 0 Å². The molecule has 3 rings (SSSR count). The van der Waals surface area contributed by atoms with Crippen molar-refractivity contribution in [3.8, 4) is 17.1 Å². The molecule has 0 atom stereocenters. The van der Waals surface area contributed by atoms with Crippen molar-refractivity contribution < 1.29 is 4.74 Å². The van der Waals surface area contributed by atoms with Crippen LogP contribution in [0, 0.1) is 6.92 Å². The summed E-state index contributed by atoms with van der Waals surface area (Å²) in [6.07, 6.45) is 0. The Morgan fingerprint density at radius 3 is 2.52 bits per heavy atom. The molecule has 5 nitrogen and oxygen atoms in total. The van der Waals surface area contributed by atoms with E-state index >= 15 is 0 Å². The molecule has 0 N–H and O–H groups in total. The van der Waals surface area contributed by atoms with Crippen molar-refractivity contribution >= 4 is 0 Å². The fourth-order valence-electron chi connectivity index (χ4n) is 2.59. The molecule has 0 fully saturated rings. The average Bonchev–Trinajstić information content (AvgIpc) is 2.85. The third kappa shape index (κ3) is 2.90. The van der Waals surface area contributed by atoms with Crippen molar-refractivity contribution in [1.29, 1.82) is 0 Å². The number of rotatable bonds is 4. The highest BCUT2D eigenvalue weighted by molar-refractivity contribution is 5.64. The number of hydrogen-bond donors (Lipinski definition) is 0. The molecule has 0 spiro atoms. The van der Waals surface area contributed by atoms with E-state index in [0.717, 1.165) is 22.3 Å². The van der Waals surface area contributed by atoms with E-state index in [2.05, 4.69) is 35.4 Å². The second-order valence-corrected chi connectivity index (χ2v) is 5.49. The minimum Gasteiger partial charge on any atom is -0.467 e. The fourth-order valence-corrected chi connectivity index (χ4v) is 2.59. The predicted molar refractivity (Wildman–Crippen MR) is 89.7 cm³/mol. The van der Waals surface area contributed by atoms with E-state index in [4.69, 9.17) is 4.74 Å². The van der Waals surface area contributed by atoms with Crippen molar-refractivity contribution in [2.75, 3.05) is 7.11 Å². The summed E-state index contributed by atoms with van der Waals surface area (Å²) in [6, 6.07) is 16.8. The molecular formula is C18H19N3O2. The molecule has 2 aromatic carbocycles. The average molecular weight is 309 g/mol. The Labute approximate surface area is 134 Å². The SMILES string of the molecule is COc1nn(C)c(=O)n1Cc1cc(-c2ccccc2)ccc1C. The van der Waals surface area contributed by atoms with Crippen LogP contribution in [0.2, 0.25) is 0 Å². The molecule has 118 valence electrons. The molecule has 0 aliphatic rings. The topological polar surface area (TPSA) is 49.1 Å². The van der Waals surface area contributed by atoms with E-state index in [9.17, 15) is 4.79 Å². The number of aryl methyl sites for hydroxylation is 2. The highest BCUT2D eigenvalue weighted by atomic mass is 16.5. The lowest BCUT2D eigenvalue weighted by Crippen LogP contribution is -2.23. The summed E-state index contributed by atoms with van der Waals surface area (Å²) in [5.41, 5.74) is 4.29. The Hall–Kier alpha value is -2.82. The van der Waals surface area contributed by atoms with E-state index in [1.54, 1.807) is 7.05 Å². The van der Waals surface area contributed by atoms with E-state index in [1.165, 1.54) is 16.4 Å². The summed E-state index contributed by atoms with van der Waals surface area (Å²) < 4.78 is 8.03. The van der Waals surface area contributed by atoms with Crippen molar-refractivity contribution in [2.24, 2.45) is 7.05 Å². The lowest BCUT2D eigenvalue weighted by Gasteiger charge is -2.10. The highest BCUT2D eigenvalue weighted by Gasteiger charge is 2.13. The Kier molecular flexibility index (Phi) is 4.02. The van der Waals surface area contributed by atoms with Gasteiger partial charge in [-0.15, -0.1) is 5.10 Å². The Bertz CT molecular complexity index is 879. The van der Waals surface area contributed by atoms with Gasteiger partial charge in [-0.1, -0.05) is 42.5 Å². The first-order valence-corrected chi connectivity index (χ1v) is 7.43. The molecular weight excluding hydrogens is 290 g/mol. The largest absolute Gasteiger partial charge is 0.467 e. The van der Waals surface area contributed by atoms with Crippen LogP contribution in [0.1, 0.15) is 11.1 Å². The Morgan fingerprint density at radius 2 is 1.83 bits per heavy atom. The second-order valence-electron chi connectivity index (χ2n) is 5.49. The summed E-state index contributed by atoms with van der Waals surface area (Å²) in [6.45, 7) is 2.47. The zero-order valence-electron chi connectivity index (χ0n) is 13.5. The normalized spacial score (nSPS) is 10.7. The van der Waals surface area contributed by atoms with E-state index < -0.39 is 0 Å². The summed E-state index contributed by atoms with van der Waals surface area (Å²) in [5.74, 6) is 0.